The van der Waals surface area contributed by atoms with E-state index in [0.717, 1.165) is 11.3 Å². The predicted molar refractivity (Wildman–Crippen MR) is 99.6 cm³/mol. The van der Waals surface area contributed by atoms with Crippen molar-refractivity contribution >= 4 is 23.2 Å². The van der Waals surface area contributed by atoms with Crippen molar-refractivity contribution in [3.63, 3.8) is 0 Å². The van der Waals surface area contributed by atoms with Crippen LogP contribution in [-0.2, 0) is 16.0 Å². The fourth-order valence-corrected chi connectivity index (χ4v) is 2.41. The van der Waals surface area contributed by atoms with E-state index in [2.05, 4.69) is 10.3 Å². The lowest BCUT2D eigenvalue weighted by molar-refractivity contribution is -0.143. The summed E-state index contributed by atoms with van der Waals surface area (Å²) in [6.07, 6.45) is 4.13. The SMILES string of the molecule is CCN(CCc1ccncc1)C(=O)C(=O)Nc1cccc(N(C)C)c1. The van der Waals surface area contributed by atoms with Gasteiger partial charge in [0.05, 0.1) is 0 Å². The Kier molecular flexibility index (Phi) is 6.51. The highest BCUT2D eigenvalue weighted by Crippen LogP contribution is 2.17. The third-order valence-corrected chi connectivity index (χ3v) is 3.90. The molecule has 0 spiro atoms. The highest BCUT2D eigenvalue weighted by molar-refractivity contribution is 6.39. The number of rotatable bonds is 6. The highest BCUT2D eigenvalue weighted by atomic mass is 16.2. The van der Waals surface area contributed by atoms with Crippen molar-refractivity contribution in [2.75, 3.05) is 37.4 Å². The van der Waals surface area contributed by atoms with Gasteiger partial charge in [-0.25, -0.2) is 0 Å². The molecule has 132 valence electrons. The Morgan fingerprint density at radius 3 is 2.48 bits per heavy atom. The summed E-state index contributed by atoms with van der Waals surface area (Å²) >= 11 is 0. The Labute approximate surface area is 148 Å². The number of carbonyl (C=O) groups is 2. The third kappa shape index (κ3) is 5.31. The smallest absolute Gasteiger partial charge is 0.313 e. The first kappa shape index (κ1) is 18.4. The molecule has 25 heavy (non-hydrogen) atoms. The van der Waals surface area contributed by atoms with Crippen LogP contribution in [0.3, 0.4) is 0 Å². The van der Waals surface area contributed by atoms with Crippen LogP contribution in [0.4, 0.5) is 11.4 Å². The molecule has 0 bridgehead atoms. The maximum absolute atomic E-state index is 12.4. The van der Waals surface area contributed by atoms with Crippen LogP contribution < -0.4 is 10.2 Å². The normalized spacial score (nSPS) is 10.2. The van der Waals surface area contributed by atoms with E-state index in [-0.39, 0.29) is 0 Å². The molecular formula is C19H24N4O2. The molecule has 1 aromatic heterocycles. The molecule has 1 N–H and O–H groups in total. The number of carbonyl (C=O) groups excluding carboxylic acids is 2. The summed E-state index contributed by atoms with van der Waals surface area (Å²) in [6.45, 7) is 2.84. The molecule has 1 aromatic carbocycles. The van der Waals surface area contributed by atoms with Crippen molar-refractivity contribution in [3.8, 4) is 0 Å². The minimum Gasteiger partial charge on any atom is -0.378 e. The van der Waals surface area contributed by atoms with E-state index in [4.69, 9.17) is 0 Å². The molecule has 0 unspecified atom stereocenters. The number of hydrogen-bond donors (Lipinski definition) is 1. The van der Waals surface area contributed by atoms with E-state index in [1.807, 2.05) is 56.3 Å². The third-order valence-electron chi connectivity index (χ3n) is 3.90. The van der Waals surface area contributed by atoms with Gasteiger partial charge in [0.25, 0.3) is 0 Å². The predicted octanol–water partition coefficient (Wildman–Crippen LogP) is 2.18. The number of hydrogen-bond acceptors (Lipinski definition) is 4. The van der Waals surface area contributed by atoms with Crippen LogP contribution in [-0.4, -0.2) is 48.9 Å². The van der Waals surface area contributed by atoms with Gasteiger partial charge in [0.2, 0.25) is 0 Å². The molecule has 2 amide bonds. The van der Waals surface area contributed by atoms with Crippen molar-refractivity contribution in [1.82, 2.24) is 9.88 Å². The average molecular weight is 340 g/mol. The molecule has 0 atom stereocenters. The minimum absolute atomic E-state index is 0.481. The number of benzene rings is 1. The van der Waals surface area contributed by atoms with Gasteiger partial charge in [0.15, 0.2) is 0 Å². The van der Waals surface area contributed by atoms with Gasteiger partial charge in [-0.1, -0.05) is 6.07 Å². The molecular weight excluding hydrogens is 316 g/mol. The first-order valence-electron chi connectivity index (χ1n) is 8.27. The summed E-state index contributed by atoms with van der Waals surface area (Å²) in [5.41, 5.74) is 2.64. The van der Waals surface area contributed by atoms with Crippen molar-refractivity contribution in [1.29, 1.82) is 0 Å². The zero-order chi connectivity index (χ0) is 18.2. The van der Waals surface area contributed by atoms with Gasteiger partial charge in [0.1, 0.15) is 0 Å². The molecule has 0 radical (unpaired) electrons. The first-order valence-corrected chi connectivity index (χ1v) is 8.27. The second-order valence-corrected chi connectivity index (χ2v) is 5.89. The molecule has 0 aliphatic heterocycles. The van der Waals surface area contributed by atoms with Crippen molar-refractivity contribution in [3.05, 3.63) is 54.4 Å². The maximum atomic E-state index is 12.4. The summed E-state index contributed by atoms with van der Waals surface area (Å²) < 4.78 is 0. The summed E-state index contributed by atoms with van der Waals surface area (Å²) in [5.74, 6) is -1.14. The van der Waals surface area contributed by atoms with E-state index >= 15 is 0 Å². The quantitative estimate of drug-likeness (QED) is 0.819. The fraction of sp³-hybridized carbons (Fsp3) is 0.316. The van der Waals surface area contributed by atoms with E-state index < -0.39 is 11.8 Å². The summed E-state index contributed by atoms with van der Waals surface area (Å²) in [7, 11) is 3.84. The van der Waals surface area contributed by atoms with Crippen LogP contribution in [0.2, 0.25) is 0 Å². The summed E-state index contributed by atoms with van der Waals surface area (Å²) in [5, 5.41) is 2.68. The Hall–Kier alpha value is -2.89. The average Bonchev–Trinajstić information content (AvgIpc) is 2.63. The van der Waals surface area contributed by atoms with Crippen LogP contribution in [0.5, 0.6) is 0 Å². The number of nitrogens with zero attached hydrogens (tertiary/aromatic N) is 3. The minimum atomic E-state index is -0.618. The summed E-state index contributed by atoms with van der Waals surface area (Å²) in [6, 6.07) is 11.2. The van der Waals surface area contributed by atoms with Crippen LogP contribution in [0, 0.1) is 0 Å². The Bertz CT molecular complexity index is 716. The Balaban J connectivity index is 1.97. The molecule has 0 saturated heterocycles. The number of anilines is 2. The molecule has 2 aromatic rings. The van der Waals surface area contributed by atoms with Gasteiger partial charge >= 0.3 is 11.8 Å². The van der Waals surface area contributed by atoms with Crippen LogP contribution in [0.15, 0.2) is 48.8 Å². The number of pyridine rings is 1. The van der Waals surface area contributed by atoms with Gasteiger partial charge in [-0.15, -0.1) is 0 Å². The van der Waals surface area contributed by atoms with Gasteiger partial charge < -0.3 is 15.1 Å². The van der Waals surface area contributed by atoms with Crippen molar-refractivity contribution < 1.29 is 9.59 Å². The van der Waals surface area contributed by atoms with E-state index in [0.29, 0.717) is 25.2 Å². The van der Waals surface area contributed by atoms with Gasteiger partial charge in [-0.2, -0.15) is 0 Å². The Morgan fingerprint density at radius 1 is 1.12 bits per heavy atom. The van der Waals surface area contributed by atoms with Crippen LogP contribution in [0.25, 0.3) is 0 Å². The van der Waals surface area contributed by atoms with Crippen molar-refractivity contribution in [2.24, 2.45) is 0 Å². The number of nitrogens with one attached hydrogen (secondary N) is 1. The molecule has 6 heteroatoms. The zero-order valence-electron chi connectivity index (χ0n) is 14.9. The largest absolute Gasteiger partial charge is 0.378 e. The lowest BCUT2D eigenvalue weighted by Gasteiger charge is -2.20. The van der Waals surface area contributed by atoms with Gasteiger partial charge in [-0.05, 0) is 49.2 Å². The van der Waals surface area contributed by atoms with Gasteiger partial charge in [0, 0.05) is 51.0 Å². The molecule has 2 rings (SSSR count). The van der Waals surface area contributed by atoms with Crippen LogP contribution in [0.1, 0.15) is 12.5 Å². The van der Waals surface area contributed by atoms with E-state index in [1.165, 1.54) is 0 Å². The Morgan fingerprint density at radius 2 is 1.84 bits per heavy atom. The molecule has 0 saturated carbocycles. The summed E-state index contributed by atoms with van der Waals surface area (Å²) in [4.78, 5) is 32.1. The molecule has 0 fully saturated rings. The number of aromatic nitrogens is 1. The molecule has 0 aliphatic carbocycles. The lowest BCUT2D eigenvalue weighted by atomic mass is 10.2. The highest BCUT2D eigenvalue weighted by Gasteiger charge is 2.20. The lowest BCUT2D eigenvalue weighted by Crippen LogP contribution is -2.40. The van der Waals surface area contributed by atoms with E-state index in [9.17, 15) is 9.59 Å². The first-order chi connectivity index (χ1) is 12.0. The number of likely N-dealkylation sites (N-methyl/N-ethyl adjacent to an activating group) is 1. The number of amides is 2. The molecule has 0 aliphatic rings. The van der Waals surface area contributed by atoms with Crippen molar-refractivity contribution in [2.45, 2.75) is 13.3 Å². The maximum Gasteiger partial charge on any atom is 0.313 e. The standard InChI is InChI=1S/C19H24N4O2/c1-4-23(13-10-15-8-11-20-12-9-15)19(25)18(24)21-16-6-5-7-17(14-16)22(2)3/h5-9,11-12,14H,4,10,13H2,1-3H3,(H,21,24). The monoisotopic (exact) mass is 340 g/mol. The van der Waals surface area contributed by atoms with E-state index in [1.54, 1.807) is 23.4 Å². The van der Waals surface area contributed by atoms with Gasteiger partial charge in [-0.3, -0.25) is 14.6 Å². The zero-order valence-corrected chi connectivity index (χ0v) is 14.9. The second-order valence-electron chi connectivity index (χ2n) is 5.89. The second kappa shape index (κ2) is 8.82. The molecule has 1 heterocycles. The molecule has 6 nitrogen and oxygen atoms in total. The van der Waals surface area contributed by atoms with Crippen LogP contribution >= 0.6 is 0 Å². The topological polar surface area (TPSA) is 65.5 Å². The fourth-order valence-electron chi connectivity index (χ4n) is 2.41.